The van der Waals surface area contributed by atoms with Crippen molar-refractivity contribution in [3.8, 4) is 0 Å². The molecule has 0 radical (unpaired) electrons. The monoisotopic (exact) mass is 367 g/mol. The summed E-state index contributed by atoms with van der Waals surface area (Å²) in [7, 11) is 1.79. The molecule has 2 aliphatic rings. The van der Waals surface area contributed by atoms with Gasteiger partial charge in [0.1, 0.15) is 6.04 Å². The Morgan fingerprint density at radius 3 is 2.59 bits per heavy atom. The number of nitrogens with one attached hydrogen (secondary N) is 1. The van der Waals surface area contributed by atoms with Gasteiger partial charge in [-0.3, -0.25) is 14.3 Å². The largest absolute Gasteiger partial charge is 0.323 e. The number of likely N-dealkylation sites (tertiary alicyclic amines) is 1. The third kappa shape index (κ3) is 3.22. The molecule has 3 unspecified atom stereocenters. The number of hydrogen-bond acceptors (Lipinski definition) is 4. The van der Waals surface area contributed by atoms with Crippen molar-refractivity contribution < 1.29 is 9.59 Å². The Kier molecular flexibility index (Phi) is 4.68. The van der Waals surface area contributed by atoms with Gasteiger partial charge in [0, 0.05) is 18.7 Å². The van der Waals surface area contributed by atoms with Crippen LogP contribution < -0.4 is 5.32 Å². The number of aromatic nitrogens is 3. The van der Waals surface area contributed by atoms with Crippen LogP contribution in [0.3, 0.4) is 0 Å². The van der Waals surface area contributed by atoms with Crippen LogP contribution in [0.1, 0.15) is 48.2 Å². The van der Waals surface area contributed by atoms with Gasteiger partial charge in [0.25, 0.3) is 5.91 Å². The zero-order chi connectivity index (χ0) is 19.0. The molecule has 0 spiro atoms. The van der Waals surface area contributed by atoms with Crippen LogP contribution in [0, 0.1) is 12.8 Å². The lowest BCUT2D eigenvalue weighted by Gasteiger charge is -2.33. The van der Waals surface area contributed by atoms with Crippen molar-refractivity contribution in [3.63, 3.8) is 0 Å². The third-order valence-electron chi connectivity index (χ3n) is 5.99. The van der Waals surface area contributed by atoms with E-state index in [-0.39, 0.29) is 17.9 Å². The molecule has 27 heavy (non-hydrogen) atoms. The van der Waals surface area contributed by atoms with E-state index in [2.05, 4.69) is 15.6 Å². The number of anilines is 1. The van der Waals surface area contributed by atoms with E-state index in [1.807, 2.05) is 42.2 Å². The van der Waals surface area contributed by atoms with Crippen LogP contribution in [0.25, 0.3) is 0 Å². The summed E-state index contributed by atoms with van der Waals surface area (Å²) in [6.07, 6.45) is 5.05. The average Bonchev–Trinajstić information content (AvgIpc) is 3.23. The van der Waals surface area contributed by atoms with Gasteiger partial charge in [-0.2, -0.15) is 0 Å². The molecule has 1 N–H and O–H groups in total. The molecule has 1 aliphatic carbocycles. The fourth-order valence-electron chi connectivity index (χ4n) is 4.44. The summed E-state index contributed by atoms with van der Waals surface area (Å²) in [6.45, 7) is 1.86. The molecule has 1 aromatic heterocycles. The van der Waals surface area contributed by atoms with Crippen LogP contribution in [0.15, 0.2) is 30.3 Å². The summed E-state index contributed by atoms with van der Waals surface area (Å²) in [5.41, 5.74) is 1.43. The van der Waals surface area contributed by atoms with Crippen LogP contribution in [-0.4, -0.2) is 43.8 Å². The fraction of sp³-hybridized carbons (Fsp3) is 0.500. The molecule has 2 aromatic rings. The maximum atomic E-state index is 13.3. The number of nitrogens with zero attached hydrogens (tertiary/aromatic N) is 4. The zero-order valence-electron chi connectivity index (χ0n) is 15.8. The maximum absolute atomic E-state index is 13.3. The third-order valence-corrected chi connectivity index (χ3v) is 5.99. The second kappa shape index (κ2) is 7.13. The summed E-state index contributed by atoms with van der Waals surface area (Å²) in [4.78, 5) is 28.2. The van der Waals surface area contributed by atoms with Gasteiger partial charge < -0.3 is 10.2 Å². The van der Waals surface area contributed by atoms with Crippen LogP contribution in [-0.2, 0) is 11.8 Å². The van der Waals surface area contributed by atoms with Crippen molar-refractivity contribution >= 4 is 17.6 Å². The van der Waals surface area contributed by atoms with Gasteiger partial charge in [0.05, 0.1) is 5.69 Å². The molecule has 2 heterocycles. The van der Waals surface area contributed by atoms with E-state index in [1.54, 1.807) is 11.7 Å². The first-order valence-corrected chi connectivity index (χ1v) is 9.61. The smallest absolute Gasteiger partial charge is 0.254 e. The normalized spacial score (nSPS) is 24.5. The Hall–Kier alpha value is -2.70. The number of amides is 2. The number of aryl methyl sites for hydroxylation is 1. The molecule has 1 saturated heterocycles. The molecule has 2 amide bonds. The SMILES string of the molecule is Cc1c(NC(=O)C2CC3CCCCC3N2C(=O)c2ccccc2)nnn1C. The van der Waals surface area contributed by atoms with Crippen LogP contribution in [0.4, 0.5) is 5.82 Å². The topological polar surface area (TPSA) is 80.1 Å². The molecule has 7 nitrogen and oxygen atoms in total. The minimum absolute atomic E-state index is 0.0546. The van der Waals surface area contributed by atoms with Crippen molar-refractivity contribution in [1.29, 1.82) is 0 Å². The summed E-state index contributed by atoms with van der Waals surface area (Å²) in [5.74, 6) is 0.632. The highest BCUT2D eigenvalue weighted by Gasteiger charge is 2.47. The second-order valence-corrected chi connectivity index (χ2v) is 7.58. The van der Waals surface area contributed by atoms with Crippen molar-refractivity contribution in [2.45, 2.75) is 51.1 Å². The quantitative estimate of drug-likeness (QED) is 0.904. The van der Waals surface area contributed by atoms with E-state index in [0.717, 1.165) is 25.0 Å². The summed E-state index contributed by atoms with van der Waals surface area (Å²) >= 11 is 0. The minimum atomic E-state index is -0.466. The first-order chi connectivity index (χ1) is 13.1. The summed E-state index contributed by atoms with van der Waals surface area (Å²) in [5, 5.41) is 10.9. The van der Waals surface area contributed by atoms with Gasteiger partial charge in [-0.15, -0.1) is 5.10 Å². The molecule has 1 saturated carbocycles. The Labute approximate surface area is 158 Å². The molecule has 7 heteroatoms. The Morgan fingerprint density at radius 2 is 1.89 bits per heavy atom. The average molecular weight is 367 g/mol. The number of carbonyl (C=O) groups excluding carboxylic acids is 2. The van der Waals surface area contributed by atoms with Crippen molar-refractivity contribution in [3.05, 3.63) is 41.6 Å². The van der Waals surface area contributed by atoms with Crippen LogP contribution in [0.5, 0.6) is 0 Å². The fourth-order valence-corrected chi connectivity index (χ4v) is 4.44. The lowest BCUT2D eigenvalue weighted by atomic mass is 9.84. The Morgan fingerprint density at radius 1 is 1.15 bits per heavy atom. The minimum Gasteiger partial charge on any atom is -0.323 e. The van der Waals surface area contributed by atoms with Gasteiger partial charge >= 0.3 is 0 Å². The number of rotatable bonds is 3. The molecular formula is C20H25N5O2. The number of fused-ring (bicyclic) bond motifs is 1. The van der Waals surface area contributed by atoms with Gasteiger partial charge in [-0.05, 0) is 44.2 Å². The molecule has 0 bridgehead atoms. The number of carbonyl (C=O) groups is 2. The van der Waals surface area contributed by atoms with E-state index in [9.17, 15) is 9.59 Å². The highest BCUT2D eigenvalue weighted by Crippen LogP contribution is 2.40. The van der Waals surface area contributed by atoms with Crippen LogP contribution in [0.2, 0.25) is 0 Å². The van der Waals surface area contributed by atoms with Gasteiger partial charge in [-0.1, -0.05) is 36.3 Å². The maximum Gasteiger partial charge on any atom is 0.254 e. The molecule has 2 fully saturated rings. The molecule has 1 aliphatic heterocycles. The lowest BCUT2D eigenvalue weighted by molar-refractivity contribution is -0.120. The standard InChI is InChI=1S/C20H25N5O2/c1-13-18(22-23-24(13)2)21-19(26)17-12-15-10-6-7-11-16(15)25(17)20(27)14-8-4-3-5-9-14/h3-5,8-9,15-17H,6-7,10-12H2,1-2H3,(H,21,26). The number of hydrogen-bond donors (Lipinski definition) is 1. The predicted molar refractivity (Wildman–Crippen MR) is 101 cm³/mol. The van der Waals surface area contributed by atoms with E-state index >= 15 is 0 Å². The Bertz CT molecular complexity index is 847. The number of benzene rings is 1. The molecule has 3 atom stereocenters. The molecule has 4 rings (SSSR count). The van der Waals surface area contributed by atoms with Crippen molar-refractivity contribution in [2.24, 2.45) is 13.0 Å². The zero-order valence-corrected chi connectivity index (χ0v) is 15.8. The first kappa shape index (κ1) is 17.7. The van der Waals surface area contributed by atoms with E-state index < -0.39 is 6.04 Å². The highest BCUT2D eigenvalue weighted by molar-refractivity contribution is 6.01. The first-order valence-electron chi connectivity index (χ1n) is 9.61. The lowest BCUT2D eigenvalue weighted by Crippen LogP contribution is -2.47. The van der Waals surface area contributed by atoms with E-state index in [4.69, 9.17) is 0 Å². The van der Waals surface area contributed by atoms with Crippen molar-refractivity contribution in [2.75, 3.05) is 5.32 Å². The second-order valence-electron chi connectivity index (χ2n) is 7.58. The predicted octanol–water partition coefficient (Wildman–Crippen LogP) is 2.54. The van der Waals surface area contributed by atoms with Gasteiger partial charge in [0.15, 0.2) is 5.82 Å². The Balaban J connectivity index is 1.61. The summed E-state index contributed by atoms with van der Waals surface area (Å²) in [6, 6.07) is 8.93. The van der Waals surface area contributed by atoms with Crippen molar-refractivity contribution in [1.82, 2.24) is 19.9 Å². The van der Waals surface area contributed by atoms with Gasteiger partial charge in [0.2, 0.25) is 5.91 Å². The summed E-state index contributed by atoms with van der Waals surface area (Å²) < 4.78 is 1.62. The molecule has 1 aromatic carbocycles. The van der Waals surface area contributed by atoms with Gasteiger partial charge in [-0.25, -0.2) is 0 Å². The molecular weight excluding hydrogens is 342 g/mol. The van der Waals surface area contributed by atoms with E-state index in [0.29, 0.717) is 23.7 Å². The highest BCUT2D eigenvalue weighted by atomic mass is 16.2. The molecule has 142 valence electrons. The van der Waals surface area contributed by atoms with Crippen LogP contribution >= 0.6 is 0 Å². The van der Waals surface area contributed by atoms with E-state index in [1.165, 1.54) is 6.42 Å².